The zero-order valence-electron chi connectivity index (χ0n) is 9.91. The van der Waals surface area contributed by atoms with Crippen LogP contribution in [0.2, 0.25) is 0 Å². The molecule has 0 aliphatic rings. The van der Waals surface area contributed by atoms with Crippen molar-refractivity contribution in [3.05, 3.63) is 53.8 Å². The highest BCUT2D eigenvalue weighted by molar-refractivity contribution is 5.86. The lowest BCUT2D eigenvalue weighted by atomic mass is 10.1. The first-order chi connectivity index (χ1) is 8.65. The molecule has 2 nitrogen and oxygen atoms in total. The molecule has 90 valence electrons. The Balaban J connectivity index is 2.26. The van der Waals surface area contributed by atoms with E-state index in [9.17, 15) is 4.39 Å². The van der Waals surface area contributed by atoms with Gasteiger partial charge < -0.3 is 10.2 Å². The number of hydrogen-bond acceptors (Lipinski definition) is 2. The van der Waals surface area contributed by atoms with Gasteiger partial charge in [-0.2, -0.15) is 0 Å². The van der Waals surface area contributed by atoms with Gasteiger partial charge in [0.2, 0.25) is 0 Å². The van der Waals surface area contributed by atoms with Crippen LogP contribution in [0.15, 0.2) is 46.9 Å². The van der Waals surface area contributed by atoms with Gasteiger partial charge in [-0.3, -0.25) is 0 Å². The summed E-state index contributed by atoms with van der Waals surface area (Å²) in [7, 11) is 0. The van der Waals surface area contributed by atoms with Crippen LogP contribution in [0, 0.1) is 12.7 Å². The van der Waals surface area contributed by atoms with E-state index < -0.39 is 0 Å². The molecule has 0 fully saturated rings. The Morgan fingerprint density at radius 3 is 2.72 bits per heavy atom. The topological polar surface area (TPSA) is 39.2 Å². The molecule has 0 amide bonds. The van der Waals surface area contributed by atoms with Crippen LogP contribution in [-0.2, 0) is 0 Å². The van der Waals surface area contributed by atoms with Gasteiger partial charge in [0.15, 0.2) is 11.4 Å². The molecule has 0 spiro atoms. The molecule has 2 aromatic carbocycles. The summed E-state index contributed by atoms with van der Waals surface area (Å²) in [5, 5.41) is 0.742. The highest BCUT2D eigenvalue weighted by Crippen LogP contribution is 2.32. The summed E-state index contributed by atoms with van der Waals surface area (Å²) in [5.74, 6) is 0.237. The van der Waals surface area contributed by atoms with E-state index in [1.807, 2.05) is 37.3 Å². The number of nitrogens with two attached hydrogens (primary N) is 1. The first-order valence-corrected chi connectivity index (χ1v) is 5.70. The van der Waals surface area contributed by atoms with E-state index in [0.717, 1.165) is 16.5 Å². The maximum Gasteiger partial charge on any atom is 0.170 e. The van der Waals surface area contributed by atoms with E-state index in [1.54, 1.807) is 6.07 Å². The number of halogens is 1. The highest BCUT2D eigenvalue weighted by Gasteiger charge is 2.11. The molecule has 0 unspecified atom stereocenters. The van der Waals surface area contributed by atoms with E-state index in [-0.39, 0.29) is 11.4 Å². The fourth-order valence-corrected chi connectivity index (χ4v) is 2.04. The van der Waals surface area contributed by atoms with Crippen molar-refractivity contribution in [3.63, 3.8) is 0 Å². The number of furan rings is 1. The fourth-order valence-electron chi connectivity index (χ4n) is 2.04. The van der Waals surface area contributed by atoms with Gasteiger partial charge in [0.25, 0.3) is 0 Å². The average molecular weight is 241 g/mol. The van der Waals surface area contributed by atoms with Crippen molar-refractivity contribution >= 4 is 16.7 Å². The summed E-state index contributed by atoms with van der Waals surface area (Å²) in [6.07, 6.45) is 0. The van der Waals surface area contributed by atoms with Crippen LogP contribution >= 0.6 is 0 Å². The van der Waals surface area contributed by atoms with Crippen LogP contribution in [0.1, 0.15) is 5.56 Å². The minimum absolute atomic E-state index is 0.272. The largest absolute Gasteiger partial charge is 0.453 e. The van der Waals surface area contributed by atoms with Crippen LogP contribution in [0.4, 0.5) is 10.1 Å². The quantitative estimate of drug-likeness (QED) is 0.650. The van der Waals surface area contributed by atoms with Crippen molar-refractivity contribution < 1.29 is 8.81 Å². The molecule has 0 radical (unpaired) electrons. The molecule has 1 heterocycles. The van der Waals surface area contributed by atoms with E-state index in [0.29, 0.717) is 11.4 Å². The number of benzene rings is 2. The molecule has 2 N–H and O–H groups in total. The number of anilines is 1. The van der Waals surface area contributed by atoms with Crippen molar-refractivity contribution in [1.29, 1.82) is 0 Å². The van der Waals surface area contributed by atoms with E-state index >= 15 is 0 Å². The molecule has 18 heavy (non-hydrogen) atoms. The second-order valence-corrected chi connectivity index (χ2v) is 4.36. The smallest absolute Gasteiger partial charge is 0.170 e. The van der Waals surface area contributed by atoms with Crippen molar-refractivity contribution in [3.8, 4) is 11.3 Å². The van der Waals surface area contributed by atoms with Gasteiger partial charge in [-0.1, -0.05) is 23.8 Å². The SMILES string of the molecule is Cc1ccc(N)c(-c2cc3cccc(F)c3o2)c1. The maximum atomic E-state index is 13.6. The minimum atomic E-state index is -0.357. The number of hydrogen-bond donors (Lipinski definition) is 1. The van der Waals surface area contributed by atoms with Crippen molar-refractivity contribution in [1.82, 2.24) is 0 Å². The van der Waals surface area contributed by atoms with Gasteiger partial charge in [-0.05, 0) is 31.2 Å². The molecule has 0 saturated carbocycles. The fraction of sp³-hybridized carbons (Fsp3) is 0.0667. The molecule has 0 atom stereocenters. The van der Waals surface area contributed by atoms with Crippen molar-refractivity contribution in [2.75, 3.05) is 5.73 Å². The third-order valence-electron chi connectivity index (χ3n) is 2.97. The number of para-hydroxylation sites is 1. The predicted octanol–water partition coefficient (Wildman–Crippen LogP) is 4.13. The molecular formula is C15H12FNO. The Morgan fingerprint density at radius 2 is 1.94 bits per heavy atom. The highest BCUT2D eigenvalue weighted by atomic mass is 19.1. The first kappa shape index (κ1) is 10.8. The molecule has 0 bridgehead atoms. The van der Waals surface area contributed by atoms with Crippen LogP contribution in [-0.4, -0.2) is 0 Å². The third-order valence-corrected chi connectivity index (χ3v) is 2.97. The minimum Gasteiger partial charge on any atom is -0.453 e. The summed E-state index contributed by atoms with van der Waals surface area (Å²) < 4.78 is 19.1. The monoisotopic (exact) mass is 241 g/mol. The lowest BCUT2D eigenvalue weighted by molar-refractivity contribution is 0.569. The summed E-state index contributed by atoms with van der Waals surface area (Å²) in [4.78, 5) is 0. The van der Waals surface area contributed by atoms with E-state index in [4.69, 9.17) is 10.2 Å². The van der Waals surface area contributed by atoms with Gasteiger partial charge in [0, 0.05) is 16.6 Å². The first-order valence-electron chi connectivity index (χ1n) is 5.70. The molecule has 0 aliphatic heterocycles. The Bertz CT molecular complexity index is 730. The second kappa shape index (κ2) is 3.88. The van der Waals surface area contributed by atoms with Gasteiger partial charge in [-0.25, -0.2) is 4.39 Å². The van der Waals surface area contributed by atoms with E-state index in [2.05, 4.69) is 0 Å². The Hall–Kier alpha value is -2.29. The summed E-state index contributed by atoms with van der Waals surface area (Å²) in [6, 6.07) is 12.4. The van der Waals surface area contributed by atoms with Gasteiger partial charge in [-0.15, -0.1) is 0 Å². The van der Waals surface area contributed by atoms with Gasteiger partial charge in [0.05, 0.1) is 0 Å². The summed E-state index contributed by atoms with van der Waals surface area (Å²) in [6.45, 7) is 1.98. The summed E-state index contributed by atoms with van der Waals surface area (Å²) >= 11 is 0. The standard InChI is InChI=1S/C15H12FNO/c1-9-5-6-13(17)11(7-9)14-8-10-3-2-4-12(16)15(10)18-14/h2-8H,17H2,1H3. The third kappa shape index (κ3) is 1.64. The number of aryl methyl sites for hydroxylation is 1. The van der Waals surface area contributed by atoms with Crippen molar-refractivity contribution in [2.24, 2.45) is 0 Å². The van der Waals surface area contributed by atoms with E-state index in [1.165, 1.54) is 6.07 Å². The molecule has 1 aromatic heterocycles. The Kier molecular flexibility index (Phi) is 2.33. The Labute approximate surface area is 104 Å². The molecule has 3 rings (SSSR count). The lowest BCUT2D eigenvalue weighted by Crippen LogP contribution is -1.89. The molecule has 0 saturated heterocycles. The van der Waals surface area contributed by atoms with Crippen LogP contribution in [0.3, 0.4) is 0 Å². The van der Waals surface area contributed by atoms with Crippen LogP contribution in [0.25, 0.3) is 22.3 Å². The maximum absolute atomic E-state index is 13.6. The molecule has 0 aliphatic carbocycles. The second-order valence-electron chi connectivity index (χ2n) is 4.36. The van der Waals surface area contributed by atoms with Crippen molar-refractivity contribution in [2.45, 2.75) is 6.92 Å². The zero-order chi connectivity index (χ0) is 12.7. The Morgan fingerprint density at radius 1 is 1.11 bits per heavy atom. The lowest BCUT2D eigenvalue weighted by Gasteiger charge is -2.03. The normalized spacial score (nSPS) is 11.0. The van der Waals surface area contributed by atoms with Crippen LogP contribution in [0.5, 0.6) is 0 Å². The molecular weight excluding hydrogens is 229 g/mol. The predicted molar refractivity (Wildman–Crippen MR) is 70.8 cm³/mol. The van der Waals surface area contributed by atoms with Gasteiger partial charge >= 0.3 is 0 Å². The number of nitrogen functional groups attached to an aromatic ring is 1. The molecule has 3 heteroatoms. The van der Waals surface area contributed by atoms with Crippen LogP contribution < -0.4 is 5.73 Å². The average Bonchev–Trinajstić information content (AvgIpc) is 2.77. The summed E-state index contributed by atoms with van der Waals surface area (Å²) in [5.41, 5.74) is 8.70. The zero-order valence-corrected chi connectivity index (χ0v) is 9.91. The molecule has 3 aromatic rings. The van der Waals surface area contributed by atoms with Gasteiger partial charge in [0.1, 0.15) is 5.76 Å². The number of rotatable bonds is 1. The number of fused-ring (bicyclic) bond motifs is 1.